The number of aryl methyl sites for hydroxylation is 1. The van der Waals surface area contributed by atoms with Crippen LogP contribution >= 0.6 is 0 Å². The fraction of sp³-hybridized carbons (Fsp3) is 0.462. The fourth-order valence-corrected chi connectivity index (χ4v) is 1.83. The molecule has 0 saturated carbocycles. The van der Waals surface area contributed by atoms with Gasteiger partial charge in [-0.25, -0.2) is 4.79 Å². The van der Waals surface area contributed by atoms with Gasteiger partial charge in [0.25, 0.3) is 0 Å². The number of hydrogen-bond donors (Lipinski definition) is 2. The second-order valence-electron chi connectivity index (χ2n) is 4.19. The van der Waals surface area contributed by atoms with Gasteiger partial charge < -0.3 is 15.3 Å². The third-order valence-corrected chi connectivity index (χ3v) is 2.78. The van der Waals surface area contributed by atoms with Crippen molar-refractivity contribution in [1.82, 2.24) is 5.32 Å². The van der Waals surface area contributed by atoms with E-state index < -0.39 is 5.97 Å². The number of rotatable bonds is 6. The summed E-state index contributed by atoms with van der Waals surface area (Å²) >= 11 is 0. The smallest absolute Gasteiger partial charge is 0.335 e. The van der Waals surface area contributed by atoms with Crippen LogP contribution in [0.3, 0.4) is 0 Å². The summed E-state index contributed by atoms with van der Waals surface area (Å²) in [6.07, 6.45) is 1.06. The molecule has 0 radical (unpaired) electrons. The molecule has 0 spiro atoms. The van der Waals surface area contributed by atoms with Crippen molar-refractivity contribution in [3.63, 3.8) is 0 Å². The molecule has 0 amide bonds. The van der Waals surface area contributed by atoms with Gasteiger partial charge in [-0.15, -0.1) is 0 Å². The molecule has 0 bridgehead atoms. The highest BCUT2D eigenvalue weighted by Gasteiger charge is 2.08. The van der Waals surface area contributed by atoms with Crippen molar-refractivity contribution in [2.45, 2.75) is 13.3 Å². The lowest BCUT2D eigenvalue weighted by atomic mass is 10.1. The summed E-state index contributed by atoms with van der Waals surface area (Å²) < 4.78 is 0. The zero-order valence-corrected chi connectivity index (χ0v) is 10.7. The van der Waals surface area contributed by atoms with Gasteiger partial charge in [-0.3, -0.25) is 0 Å². The first-order valence-corrected chi connectivity index (χ1v) is 5.76. The minimum absolute atomic E-state index is 0.342. The SMILES string of the molecule is CNCCCN(C)c1ccc(C(=O)O)cc1C. The maximum atomic E-state index is 10.8. The number of carbonyl (C=O) groups is 1. The molecule has 0 saturated heterocycles. The average molecular weight is 236 g/mol. The lowest BCUT2D eigenvalue weighted by Crippen LogP contribution is -2.23. The summed E-state index contributed by atoms with van der Waals surface area (Å²) in [6.45, 7) is 3.88. The van der Waals surface area contributed by atoms with Gasteiger partial charge in [-0.2, -0.15) is 0 Å². The molecule has 4 heteroatoms. The number of carboxylic acids is 1. The van der Waals surface area contributed by atoms with Crippen LogP contribution in [0.25, 0.3) is 0 Å². The second kappa shape index (κ2) is 6.25. The summed E-state index contributed by atoms with van der Waals surface area (Å²) in [5, 5.41) is 12.0. The average Bonchev–Trinajstić information content (AvgIpc) is 2.28. The molecule has 1 aromatic rings. The zero-order chi connectivity index (χ0) is 12.8. The van der Waals surface area contributed by atoms with Crippen LogP contribution in [-0.2, 0) is 0 Å². The Bertz CT molecular complexity index is 391. The maximum Gasteiger partial charge on any atom is 0.335 e. The molecule has 0 fully saturated rings. The molecule has 4 nitrogen and oxygen atoms in total. The van der Waals surface area contributed by atoms with Crippen molar-refractivity contribution in [1.29, 1.82) is 0 Å². The highest BCUT2D eigenvalue weighted by atomic mass is 16.4. The van der Waals surface area contributed by atoms with E-state index in [0.717, 1.165) is 30.8 Å². The van der Waals surface area contributed by atoms with E-state index in [4.69, 9.17) is 5.11 Å². The van der Waals surface area contributed by atoms with E-state index in [-0.39, 0.29) is 0 Å². The third kappa shape index (κ3) is 3.75. The minimum Gasteiger partial charge on any atom is -0.478 e. The van der Waals surface area contributed by atoms with Gasteiger partial charge in [0.2, 0.25) is 0 Å². The lowest BCUT2D eigenvalue weighted by Gasteiger charge is -2.21. The van der Waals surface area contributed by atoms with Crippen LogP contribution in [0.15, 0.2) is 18.2 Å². The van der Waals surface area contributed by atoms with E-state index in [9.17, 15) is 4.79 Å². The van der Waals surface area contributed by atoms with Crippen LogP contribution in [-0.4, -0.2) is 38.3 Å². The van der Waals surface area contributed by atoms with Gasteiger partial charge in [-0.05, 0) is 50.7 Å². The highest BCUT2D eigenvalue weighted by Crippen LogP contribution is 2.20. The molecule has 1 rings (SSSR count). The minimum atomic E-state index is -0.877. The van der Waals surface area contributed by atoms with E-state index in [2.05, 4.69) is 10.2 Å². The second-order valence-corrected chi connectivity index (χ2v) is 4.19. The Morgan fingerprint density at radius 3 is 2.71 bits per heavy atom. The van der Waals surface area contributed by atoms with Gasteiger partial charge in [0.15, 0.2) is 0 Å². The van der Waals surface area contributed by atoms with E-state index in [0.29, 0.717) is 5.56 Å². The van der Waals surface area contributed by atoms with Crippen LogP contribution in [0.2, 0.25) is 0 Å². The van der Waals surface area contributed by atoms with Crippen LogP contribution in [0.4, 0.5) is 5.69 Å². The van der Waals surface area contributed by atoms with Crippen LogP contribution < -0.4 is 10.2 Å². The standard InChI is InChI=1S/C13H20N2O2/c1-10-9-11(13(16)17)5-6-12(10)15(3)8-4-7-14-2/h5-6,9,14H,4,7-8H2,1-3H3,(H,16,17). The van der Waals surface area contributed by atoms with Crippen molar-refractivity contribution in [3.8, 4) is 0 Å². The predicted molar refractivity (Wildman–Crippen MR) is 70.0 cm³/mol. The molecule has 1 aromatic carbocycles. The molecular weight excluding hydrogens is 216 g/mol. The summed E-state index contributed by atoms with van der Waals surface area (Å²) in [7, 11) is 3.96. The number of anilines is 1. The molecule has 0 atom stereocenters. The highest BCUT2D eigenvalue weighted by molar-refractivity contribution is 5.88. The molecule has 0 aliphatic heterocycles. The van der Waals surface area contributed by atoms with Crippen molar-refractivity contribution >= 4 is 11.7 Å². The quantitative estimate of drug-likeness (QED) is 0.739. The summed E-state index contributed by atoms with van der Waals surface area (Å²) in [4.78, 5) is 13.0. The molecule has 0 unspecified atom stereocenters. The van der Waals surface area contributed by atoms with Gasteiger partial charge in [-0.1, -0.05) is 0 Å². The molecule has 17 heavy (non-hydrogen) atoms. The molecule has 0 aliphatic carbocycles. The molecule has 0 heterocycles. The van der Waals surface area contributed by atoms with Gasteiger partial charge >= 0.3 is 5.97 Å². The number of nitrogens with one attached hydrogen (secondary N) is 1. The van der Waals surface area contributed by atoms with Crippen LogP contribution in [0, 0.1) is 6.92 Å². The van der Waals surface area contributed by atoms with Gasteiger partial charge in [0.05, 0.1) is 5.56 Å². The normalized spacial score (nSPS) is 10.3. The lowest BCUT2D eigenvalue weighted by molar-refractivity contribution is 0.0697. The fourth-order valence-electron chi connectivity index (χ4n) is 1.83. The number of aromatic carboxylic acids is 1. The number of benzene rings is 1. The number of nitrogens with zero attached hydrogens (tertiary/aromatic N) is 1. The monoisotopic (exact) mass is 236 g/mol. The van der Waals surface area contributed by atoms with Crippen molar-refractivity contribution in [2.24, 2.45) is 0 Å². The van der Waals surface area contributed by atoms with Crippen molar-refractivity contribution in [2.75, 3.05) is 32.1 Å². The molecule has 94 valence electrons. The van der Waals surface area contributed by atoms with Gasteiger partial charge in [0, 0.05) is 19.3 Å². The van der Waals surface area contributed by atoms with Crippen LogP contribution in [0.5, 0.6) is 0 Å². The Hall–Kier alpha value is -1.55. The topological polar surface area (TPSA) is 52.6 Å². The number of carboxylic acid groups (broad SMARTS) is 1. The first-order chi connectivity index (χ1) is 8.06. The molecule has 0 aliphatic rings. The van der Waals surface area contributed by atoms with E-state index in [1.807, 2.05) is 27.1 Å². The van der Waals surface area contributed by atoms with Crippen molar-refractivity contribution in [3.05, 3.63) is 29.3 Å². The summed E-state index contributed by atoms with van der Waals surface area (Å²) in [5.41, 5.74) is 2.43. The first kappa shape index (κ1) is 13.5. The van der Waals surface area contributed by atoms with E-state index in [1.165, 1.54) is 0 Å². The zero-order valence-electron chi connectivity index (χ0n) is 10.7. The Labute approximate surface area is 102 Å². The Morgan fingerprint density at radius 2 is 2.18 bits per heavy atom. The first-order valence-electron chi connectivity index (χ1n) is 5.76. The van der Waals surface area contributed by atoms with Gasteiger partial charge in [0.1, 0.15) is 0 Å². The van der Waals surface area contributed by atoms with Crippen LogP contribution in [0.1, 0.15) is 22.3 Å². The Morgan fingerprint density at radius 1 is 1.47 bits per heavy atom. The molecule has 2 N–H and O–H groups in total. The predicted octanol–water partition coefficient (Wildman–Crippen LogP) is 1.74. The van der Waals surface area contributed by atoms with Crippen molar-refractivity contribution < 1.29 is 9.90 Å². The summed E-state index contributed by atoms with van der Waals surface area (Å²) in [6, 6.07) is 5.24. The summed E-state index contributed by atoms with van der Waals surface area (Å²) in [5.74, 6) is -0.877. The van der Waals surface area contributed by atoms with E-state index in [1.54, 1.807) is 12.1 Å². The molecular formula is C13H20N2O2. The third-order valence-electron chi connectivity index (χ3n) is 2.78. The maximum absolute atomic E-state index is 10.8. The van der Waals surface area contributed by atoms with E-state index >= 15 is 0 Å². The number of hydrogen-bond acceptors (Lipinski definition) is 3. The Balaban J connectivity index is 2.74. The largest absolute Gasteiger partial charge is 0.478 e. The Kier molecular flexibility index (Phi) is 4.97. The molecule has 0 aromatic heterocycles.